The molecule has 0 spiro atoms. The third-order valence-corrected chi connectivity index (χ3v) is 5.70. The molecule has 0 aliphatic rings. The van der Waals surface area contributed by atoms with Crippen molar-refractivity contribution >= 4 is 23.2 Å². The zero-order chi connectivity index (χ0) is 20.3. The number of hydrogen-bond donors (Lipinski definition) is 2. The average molecular weight is 394 g/mol. The lowest BCUT2D eigenvalue weighted by atomic mass is 10.1. The molecule has 0 radical (unpaired) electrons. The van der Waals surface area contributed by atoms with Crippen molar-refractivity contribution in [2.45, 2.75) is 27.3 Å². The van der Waals surface area contributed by atoms with E-state index in [0.717, 1.165) is 27.4 Å². The fraction of sp³-hybridized carbons (Fsp3) is 0.227. The first kappa shape index (κ1) is 19.8. The third kappa shape index (κ3) is 4.28. The highest BCUT2D eigenvalue weighted by Crippen LogP contribution is 2.30. The molecule has 0 saturated carbocycles. The molecule has 0 atom stereocenters. The summed E-state index contributed by atoms with van der Waals surface area (Å²) in [5.41, 5.74) is 5.66. The smallest absolute Gasteiger partial charge is 0.263 e. The molecule has 28 heavy (non-hydrogen) atoms. The molecule has 2 amide bonds. The molecule has 6 heteroatoms. The van der Waals surface area contributed by atoms with Crippen LogP contribution in [0, 0.1) is 20.8 Å². The lowest BCUT2D eigenvalue weighted by Gasteiger charge is -2.06. The van der Waals surface area contributed by atoms with E-state index < -0.39 is 0 Å². The molecule has 0 aliphatic carbocycles. The normalized spacial score (nSPS) is 10.6. The maximum atomic E-state index is 12.6. The first-order chi connectivity index (χ1) is 13.4. The van der Waals surface area contributed by atoms with Crippen molar-refractivity contribution in [1.82, 2.24) is 15.6 Å². The molecule has 3 aromatic rings. The molecular weight excluding hydrogens is 370 g/mol. The Labute approximate surface area is 168 Å². The molecule has 2 aromatic carbocycles. The Bertz CT molecular complexity index is 1020. The molecular formula is C22H23N3O2S. The number of thiazole rings is 1. The fourth-order valence-corrected chi connectivity index (χ4v) is 4.03. The summed E-state index contributed by atoms with van der Waals surface area (Å²) in [5.74, 6) is -0.267. The second-order valence-electron chi connectivity index (χ2n) is 6.71. The Morgan fingerprint density at radius 1 is 1.00 bits per heavy atom. The molecule has 1 aromatic heterocycles. The number of carbonyl (C=O) groups is 2. The molecule has 5 nitrogen and oxygen atoms in total. The molecule has 144 valence electrons. The van der Waals surface area contributed by atoms with Crippen LogP contribution in [0.2, 0.25) is 0 Å². The molecule has 0 fully saturated rings. The highest BCUT2D eigenvalue weighted by atomic mass is 32.1. The van der Waals surface area contributed by atoms with Crippen molar-refractivity contribution in [3.63, 3.8) is 0 Å². The van der Waals surface area contributed by atoms with Crippen LogP contribution in [0.15, 0.2) is 42.5 Å². The van der Waals surface area contributed by atoms with Gasteiger partial charge in [-0.05, 0) is 44.0 Å². The van der Waals surface area contributed by atoms with Crippen LogP contribution in [0.5, 0.6) is 0 Å². The van der Waals surface area contributed by atoms with Crippen LogP contribution in [0.1, 0.15) is 42.4 Å². The molecule has 2 N–H and O–H groups in total. The molecule has 0 saturated heterocycles. The lowest BCUT2D eigenvalue weighted by molar-refractivity contribution is 0.0948. The van der Waals surface area contributed by atoms with Crippen LogP contribution < -0.4 is 10.6 Å². The van der Waals surface area contributed by atoms with Gasteiger partial charge in [-0.2, -0.15) is 0 Å². The molecule has 0 bridgehead atoms. The number of hydrogen-bond acceptors (Lipinski definition) is 4. The summed E-state index contributed by atoms with van der Waals surface area (Å²) < 4.78 is 0. The van der Waals surface area contributed by atoms with E-state index in [0.29, 0.717) is 17.0 Å². The van der Waals surface area contributed by atoms with Crippen LogP contribution >= 0.6 is 11.3 Å². The summed E-state index contributed by atoms with van der Waals surface area (Å²) in [6.07, 6.45) is 0. The van der Waals surface area contributed by atoms with Gasteiger partial charge in [0.2, 0.25) is 0 Å². The summed E-state index contributed by atoms with van der Waals surface area (Å²) in [6, 6.07) is 13.4. The van der Waals surface area contributed by atoms with Gasteiger partial charge in [-0.3, -0.25) is 9.59 Å². The van der Waals surface area contributed by atoms with E-state index in [1.54, 1.807) is 19.2 Å². The van der Waals surface area contributed by atoms with Gasteiger partial charge in [-0.1, -0.05) is 35.9 Å². The highest BCUT2D eigenvalue weighted by molar-refractivity contribution is 7.17. The minimum absolute atomic E-state index is 0.130. The van der Waals surface area contributed by atoms with Crippen molar-refractivity contribution in [3.8, 4) is 10.6 Å². The van der Waals surface area contributed by atoms with Crippen molar-refractivity contribution in [1.29, 1.82) is 0 Å². The van der Waals surface area contributed by atoms with Crippen LogP contribution in [-0.4, -0.2) is 23.8 Å². The van der Waals surface area contributed by atoms with Crippen molar-refractivity contribution in [3.05, 3.63) is 75.3 Å². The quantitative estimate of drug-likeness (QED) is 0.688. The van der Waals surface area contributed by atoms with Crippen LogP contribution in [-0.2, 0) is 6.54 Å². The number of rotatable bonds is 5. The Morgan fingerprint density at radius 2 is 1.71 bits per heavy atom. The molecule has 1 heterocycles. The first-order valence-electron chi connectivity index (χ1n) is 9.03. The van der Waals surface area contributed by atoms with E-state index >= 15 is 0 Å². The van der Waals surface area contributed by atoms with Crippen molar-refractivity contribution in [2.24, 2.45) is 0 Å². The van der Waals surface area contributed by atoms with E-state index in [9.17, 15) is 9.59 Å². The van der Waals surface area contributed by atoms with E-state index in [1.165, 1.54) is 16.9 Å². The van der Waals surface area contributed by atoms with Crippen molar-refractivity contribution < 1.29 is 9.59 Å². The minimum Gasteiger partial charge on any atom is -0.355 e. The second-order valence-corrected chi connectivity index (χ2v) is 7.71. The number of benzene rings is 2. The second kappa shape index (κ2) is 8.35. The topological polar surface area (TPSA) is 71.1 Å². The predicted octanol–water partition coefficient (Wildman–Crippen LogP) is 4.02. The zero-order valence-corrected chi connectivity index (χ0v) is 17.2. The van der Waals surface area contributed by atoms with Crippen LogP contribution in [0.25, 0.3) is 10.6 Å². The summed E-state index contributed by atoms with van der Waals surface area (Å²) in [5, 5.41) is 6.38. The highest BCUT2D eigenvalue weighted by Gasteiger charge is 2.17. The average Bonchev–Trinajstić information content (AvgIpc) is 3.07. The number of aromatic nitrogens is 1. The predicted molar refractivity (Wildman–Crippen MR) is 113 cm³/mol. The van der Waals surface area contributed by atoms with Gasteiger partial charge in [0.15, 0.2) is 0 Å². The van der Waals surface area contributed by atoms with E-state index in [1.807, 2.05) is 19.1 Å². The van der Waals surface area contributed by atoms with Gasteiger partial charge in [0.05, 0.1) is 5.69 Å². The van der Waals surface area contributed by atoms with Gasteiger partial charge in [-0.25, -0.2) is 4.98 Å². The Hall–Kier alpha value is -2.99. The monoisotopic (exact) mass is 393 g/mol. The number of nitrogens with zero attached hydrogens (tertiary/aromatic N) is 1. The van der Waals surface area contributed by atoms with Gasteiger partial charge < -0.3 is 10.6 Å². The number of carbonyl (C=O) groups excluding carboxylic acids is 2. The van der Waals surface area contributed by atoms with Crippen LogP contribution in [0.4, 0.5) is 0 Å². The summed E-state index contributed by atoms with van der Waals surface area (Å²) in [6.45, 7) is 6.37. The third-order valence-electron chi connectivity index (χ3n) is 4.51. The summed E-state index contributed by atoms with van der Waals surface area (Å²) in [4.78, 5) is 29.5. The van der Waals surface area contributed by atoms with Gasteiger partial charge in [0.1, 0.15) is 9.88 Å². The van der Waals surface area contributed by atoms with Crippen LogP contribution in [0.3, 0.4) is 0 Å². The fourth-order valence-electron chi connectivity index (χ4n) is 2.96. The lowest BCUT2D eigenvalue weighted by Crippen LogP contribution is -2.22. The number of nitrogens with one attached hydrogen (secondary N) is 2. The molecule has 0 unspecified atom stereocenters. The van der Waals surface area contributed by atoms with Gasteiger partial charge in [0, 0.05) is 24.7 Å². The minimum atomic E-state index is -0.138. The zero-order valence-electron chi connectivity index (χ0n) is 16.4. The number of amides is 2. The first-order valence-corrected chi connectivity index (χ1v) is 9.85. The maximum absolute atomic E-state index is 12.6. The Morgan fingerprint density at radius 3 is 2.36 bits per heavy atom. The van der Waals surface area contributed by atoms with Crippen molar-refractivity contribution in [2.75, 3.05) is 7.05 Å². The van der Waals surface area contributed by atoms with E-state index in [-0.39, 0.29) is 11.8 Å². The Kier molecular flexibility index (Phi) is 5.90. The molecule has 0 aliphatic heterocycles. The molecule has 3 rings (SSSR count). The number of aryl methyl sites for hydroxylation is 3. The largest absolute Gasteiger partial charge is 0.355 e. The standard InChI is InChI=1S/C22H23N3O2S/c1-13-5-10-18(14(2)11-13)22-25-15(3)19(28-22)21(27)24-12-16-6-8-17(9-7-16)20(26)23-4/h5-11H,12H2,1-4H3,(H,23,26)(H,24,27). The van der Waals surface area contributed by atoms with E-state index in [2.05, 4.69) is 47.7 Å². The van der Waals surface area contributed by atoms with Gasteiger partial charge in [0.25, 0.3) is 11.8 Å². The van der Waals surface area contributed by atoms with E-state index in [4.69, 9.17) is 0 Å². The summed E-state index contributed by atoms with van der Waals surface area (Å²) >= 11 is 1.41. The van der Waals surface area contributed by atoms with Gasteiger partial charge >= 0.3 is 0 Å². The Balaban J connectivity index is 1.71. The van der Waals surface area contributed by atoms with Gasteiger partial charge in [-0.15, -0.1) is 11.3 Å². The maximum Gasteiger partial charge on any atom is 0.263 e. The summed E-state index contributed by atoms with van der Waals surface area (Å²) in [7, 11) is 1.60. The SMILES string of the molecule is CNC(=O)c1ccc(CNC(=O)c2sc(-c3ccc(C)cc3C)nc2C)cc1.